The Balaban J connectivity index is 2.82. The number of hydrogen-bond acceptors (Lipinski definition) is 2. The highest BCUT2D eigenvalue weighted by atomic mass is 32.2. The van der Waals surface area contributed by atoms with Crippen molar-refractivity contribution in [3.63, 3.8) is 0 Å². The first-order valence-corrected chi connectivity index (χ1v) is 7.23. The van der Waals surface area contributed by atoms with Crippen molar-refractivity contribution in [2.24, 2.45) is 0 Å². The fraction of sp³-hybridized carbons (Fsp3) is 0.571. The van der Waals surface area contributed by atoms with Gasteiger partial charge in [-0.15, -0.1) is 0 Å². The standard InChI is InChI=1S/C14H23NO2S/c1-10-9-12(7-8-13(10)17-6)11(2)15-18(16)14(3,4)5/h7-9,11,15H,1-6H3/t11-,18-/m0/s1. The molecule has 1 aromatic carbocycles. The lowest BCUT2D eigenvalue weighted by molar-refractivity contribution is 0.411. The molecule has 1 N–H and O–H groups in total. The molecule has 0 aromatic heterocycles. The third kappa shape index (κ3) is 3.82. The average Bonchev–Trinajstić information content (AvgIpc) is 2.27. The van der Waals surface area contributed by atoms with Crippen molar-refractivity contribution in [3.8, 4) is 5.75 Å². The predicted octanol–water partition coefficient (Wildman–Crippen LogP) is 3.12. The van der Waals surface area contributed by atoms with Crippen molar-refractivity contribution in [2.75, 3.05) is 7.11 Å². The first-order valence-electron chi connectivity index (χ1n) is 6.08. The molecule has 0 unspecified atom stereocenters. The summed E-state index contributed by atoms with van der Waals surface area (Å²) in [5.74, 6) is 0.878. The fourth-order valence-corrected chi connectivity index (χ4v) is 2.39. The molecule has 0 heterocycles. The van der Waals surface area contributed by atoms with Gasteiger partial charge in [0, 0.05) is 6.04 Å². The van der Waals surface area contributed by atoms with Gasteiger partial charge in [-0.3, -0.25) is 0 Å². The van der Waals surface area contributed by atoms with Crippen molar-refractivity contribution in [2.45, 2.75) is 45.4 Å². The number of methoxy groups -OCH3 is 1. The van der Waals surface area contributed by atoms with Gasteiger partial charge in [-0.05, 0) is 51.8 Å². The van der Waals surface area contributed by atoms with Gasteiger partial charge in [-0.2, -0.15) is 0 Å². The number of nitrogens with one attached hydrogen (secondary N) is 1. The van der Waals surface area contributed by atoms with Gasteiger partial charge in [-0.1, -0.05) is 12.1 Å². The summed E-state index contributed by atoms with van der Waals surface area (Å²) in [6.07, 6.45) is 0. The average molecular weight is 269 g/mol. The van der Waals surface area contributed by atoms with Crippen LogP contribution in [0, 0.1) is 6.92 Å². The van der Waals surface area contributed by atoms with Gasteiger partial charge in [0.25, 0.3) is 0 Å². The van der Waals surface area contributed by atoms with E-state index in [1.165, 1.54) is 0 Å². The Morgan fingerprint density at radius 3 is 2.39 bits per heavy atom. The summed E-state index contributed by atoms with van der Waals surface area (Å²) >= 11 is 0. The second-order valence-corrected chi connectivity index (χ2v) is 7.45. The van der Waals surface area contributed by atoms with Crippen LogP contribution in [0.2, 0.25) is 0 Å². The molecule has 1 aromatic rings. The molecule has 0 aliphatic carbocycles. The molecule has 0 radical (unpaired) electrons. The van der Waals surface area contributed by atoms with Crippen LogP contribution in [0.15, 0.2) is 18.2 Å². The quantitative estimate of drug-likeness (QED) is 0.912. The zero-order valence-electron chi connectivity index (χ0n) is 12.0. The summed E-state index contributed by atoms with van der Waals surface area (Å²) < 4.78 is 20.1. The minimum Gasteiger partial charge on any atom is -0.496 e. The zero-order valence-corrected chi connectivity index (χ0v) is 12.9. The third-order valence-corrected chi connectivity index (χ3v) is 4.44. The minimum atomic E-state index is -1.06. The van der Waals surface area contributed by atoms with Crippen molar-refractivity contribution in [3.05, 3.63) is 29.3 Å². The van der Waals surface area contributed by atoms with Crippen molar-refractivity contribution in [1.29, 1.82) is 0 Å². The Hall–Kier alpha value is -0.870. The first kappa shape index (κ1) is 15.2. The molecule has 3 nitrogen and oxygen atoms in total. The highest BCUT2D eigenvalue weighted by molar-refractivity contribution is 7.84. The van der Waals surface area contributed by atoms with Gasteiger partial charge < -0.3 is 4.74 Å². The fourth-order valence-electron chi connectivity index (χ4n) is 1.58. The van der Waals surface area contributed by atoms with E-state index in [2.05, 4.69) is 10.8 Å². The Morgan fingerprint density at radius 2 is 1.94 bits per heavy atom. The molecule has 0 saturated carbocycles. The van der Waals surface area contributed by atoms with Crippen LogP contribution in [0.4, 0.5) is 0 Å². The van der Waals surface area contributed by atoms with Gasteiger partial charge in [0.1, 0.15) is 5.75 Å². The van der Waals surface area contributed by atoms with Crippen LogP contribution >= 0.6 is 0 Å². The monoisotopic (exact) mass is 269 g/mol. The van der Waals surface area contributed by atoms with Crippen LogP contribution in [0.1, 0.15) is 44.9 Å². The van der Waals surface area contributed by atoms with Gasteiger partial charge >= 0.3 is 0 Å². The molecular weight excluding hydrogens is 246 g/mol. The molecule has 0 fully saturated rings. The van der Waals surface area contributed by atoms with Crippen molar-refractivity contribution >= 4 is 11.0 Å². The molecule has 0 aliphatic rings. The van der Waals surface area contributed by atoms with E-state index < -0.39 is 11.0 Å². The molecule has 102 valence electrons. The summed E-state index contributed by atoms with van der Waals surface area (Å²) in [5, 5.41) is 0. The SMILES string of the molecule is COc1ccc([C@H](C)N[S@@](=O)C(C)(C)C)cc1C. The second kappa shape index (κ2) is 5.85. The first-order chi connectivity index (χ1) is 8.25. The molecule has 4 heteroatoms. The predicted molar refractivity (Wildman–Crippen MR) is 77.2 cm³/mol. The highest BCUT2D eigenvalue weighted by Crippen LogP contribution is 2.23. The van der Waals surface area contributed by atoms with E-state index in [0.29, 0.717) is 0 Å². The van der Waals surface area contributed by atoms with E-state index in [-0.39, 0.29) is 10.8 Å². The molecule has 0 aliphatic heterocycles. The van der Waals surface area contributed by atoms with Crippen LogP contribution < -0.4 is 9.46 Å². The van der Waals surface area contributed by atoms with Crippen LogP contribution in [-0.2, 0) is 11.0 Å². The van der Waals surface area contributed by atoms with Gasteiger partial charge in [-0.25, -0.2) is 8.93 Å². The summed E-state index contributed by atoms with van der Waals surface area (Å²) in [6.45, 7) is 9.91. The maximum Gasteiger partial charge on any atom is 0.121 e. The lowest BCUT2D eigenvalue weighted by atomic mass is 10.1. The molecule has 1 rings (SSSR count). The molecule has 0 saturated heterocycles. The number of ether oxygens (including phenoxy) is 1. The van der Waals surface area contributed by atoms with Gasteiger partial charge in [0.05, 0.1) is 22.8 Å². The normalized spacial score (nSPS) is 15.2. The highest BCUT2D eigenvalue weighted by Gasteiger charge is 2.21. The van der Waals surface area contributed by atoms with E-state index in [4.69, 9.17) is 4.74 Å². The van der Waals surface area contributed by atoms with E-state index in [9.17, 15) is 4.21 Å². The number of rotatable bonds is 4. The molecular formula is C14H23NO2S. The molecule has 18 heavy (non-hydrogen) atoms. The minimum absolute atomic E-state index is 0.0506. The van der Waals surface area contributed by atoms with Gasteiger partial charge in [0.2, 0.25) is 0 Å². The maximum absolute atomic E-state index is 12.0. The Kier molecular flexibility index (Phi) is 4.93. The molecule has 2 atom stereocenters. The van der Waals surface area contributed by atoms with Crippen molar-refractivity contribution < 1.29 is 8.95 Å². The maximum atomic E-state index is 12.0. The zero-order chi connectivity index (χ0) is 13.9. The Morgan fingerprint density at radius 1 is 1.33 bits per heavy atom. The third-order valence-electron chi connectivity index (χ3n) is 2.76. The molecule has 0 spiro atoms. The summed E-state index contributed by atoms with van der Waals surface area (Å²) in [6, 6.07) is 6.07. The van der Waals surface area contributed by atoms with Crippen LogP contribution in [0.25, 0.3) is 0 Å². The van der Waals surface area contributed by atoms with E-state index in [0.717, 1.165) is 16.9 Å². The van der Waals surface area contributed by atoms with Crippen molar-refractivity contribution in [1.82, 2.24) is 4.72 Å². The topological polar surface area (TPSA) is 38.3 Å². The smallest absolute Gasteiger partial charge is 0.121 e. The summed E-state index contributed by atoms with van der Waals surface area (Å²) in [5.41, 5.74) is 2.20. The largest absolute Gasteiger partial charge is 0.496 e. The summed E-state index contributed by atoms with van der Waals surface area (Å²) in [4.78, 5) is 0. The number of aryl methyl sites for hydroxylation is 1. The molecule has 0 amide bonds. The number of benzene rings is 1. The Labute approximate surface area is 113 Å². The van der Waals surface area contributed by atoms with E-state index >= 15 is 0 Å². The lowest BCUT2D eigenvalue weighted by Gasteiger charge is -2.22. The van der Waals surface area contributed by atoms with E-state index in [1.807, 2.05) is 46.8 Å². The lowest BCUT2D eigenvalue weighted by Crippen LogP contribution is -2.34. The Bertz CT molecular complexity index is 438. The summed E-state index contributed by atoms with van der Waals surface area (Å²) in [7, 11) is 0.602. The second-order valence-electron chi connectivity index (χ2n) is 5.45. The number of hydrogen-bond donors (Lipinski definition) is 1. The van der Waals surface area contributed by atoms with E-state index in [1.54, 1.807) is 7.11 Å². The van der Waals surface area contributed by atoms with Crippen LogP contribution in [0.3, 0.4) is 0 Å². The van der Waals surface area contributed by atoms with Crippen LogP contribution in [-0.4, -0.2) is 16.1 Å². The van der Waals surface area contributed by atoms with Gasteiger partial charge in [0.15, 0.2) is 0 Å². The molecule has 0 bridgehead atoms. The van der Waals surface area contributed by atoms with Crippen LogP contribution in [0.5, 0.6) is 5.75 Å².